The van der Waals surface area contributed by atoms with Crippen LogP contribution in [-0.2, 0) is 6.18 Å². The first-order valence-electron chi connectivity index (χ1n) is 6.44. The van der Waals surface area contributed by atoms with E-state index in [4.69, 9.17) is 0 Å². The number of rotatable bonds is 3. The molecule has 1 saturated heterocycles. The zero-order valence-corrected chi connectivity index (χ0v) is 12.5. The van der Waals surface area contributed by atoms with E-state index < -0.39 is 11.9 Å². The fraction of sp³-hybridized carbons (Fsp3) is 0.667. The first-order valence-corrected chi connectivity index (χ1v) is 7.56. The van der Waals surface area contributed by atoms with Gasteiger partial charge in [-0.1, -0.05) is 15.9 Å². The SMILES string of the molecule is FC(F)(F)c1ccnc(N2CCCN(CCBr)CC2)n1. The van der Waals surface area contributed by atoms with Gasteiger partial charge in [-0.05, 0) is 19.0 Å². The lowest BCUT2D eigenvalue weighted by Gasteiger charge is -2.21. The standard InChI is InChI=1S/C12H16BrF3N4/c13-3-7-19-5-1-6-20(9-8-19)11-17-4-2-10(18-11)12(14,15)16/h2,4H,1,3,5-9H2. The summed E-state index contributed by atoms with van der Waals surface area (Å²) in [5.41, 5.74) is -0.885. The van der Waals surface area contributed by atoms with Gasteiger partial charge in [0.2, 0.25) is 5.95 Å². The van der Waals surface area contributed by atoms with Crippen LogP contribution >= 0.6 is 15.9 Å². The molecule has 1 aliphatic heterocycles. The third kappa shape index (κ3) is 4.05. The molecule has 0 atom stereocenters. The van der Waals surface area contributed by atoms with Gasteiger partial charge in [-0.2, -0.15) is 13.2 Å². The lowest BCUT2D eigenvalue weighted by atomic mass is 10.4. The molecule has 0 saturated carbocycles. The van der Waals surface area contributed by atoms with Crippen LogP contribution in [0.25, 0.3) is 0 Å². The van der Waals surface area contributed by atoms with Gasteiger partial charge in [0.05, 0.1) is 0 Å². The summed E-state index contributed by atoms with van der Waals surface area (Å²) in [7, 11) is 0. The van der Waals surface area contributed by atoms with Gasteiger partial charge in [0, 0.05) is 37.7 Å². The summed E-state index contributed by atoms with van der Waals surface area (Å²) in [5.74, 6) is 0.167. The van der Waals surface area contributed by atoms with E-state index in [0.29, 0.717) is 13.1 Å². The Kier molecular flexibility index (Phi) is 5.20. The Hall–Kier alpha value is -0.890. The molecule has 0 bridgehead atoms. The predicted molar refractivity (Wildman–Crippen MR) is 74.1 cm³/mol. The van der Waals surface area contributed by atoms with Crippen LogP contribution < -0.4 is 4.90 Å². The maximum Gasteiger partial charge on any atom is 0.433 e. The van der Waals surface area contributed by atoms with Crippen molar-refractivity contribution in [2.45, 2.75) is 12.6 Å². The van der Waals surface area contributed by atoms with E-state index >= 15 is 0 Å². The van der Waals surface area contributed by atoms with Crippen LogP contribution in [-0.4, -0.2) is 52.9 Å². The average molecular weight is 353 g/mol. The van der Waals surface area contributed by atoms with Crippen molar-refractivity contribution < 1.29 is 13.2 Å². The van der Waals surface area contributed by atoms with Crippen LogP contribution in [0.15, 0.2) is 12.3 Å². The minimum Gasteiger partial charge on any atom is -0.339 e. The topological polar surface area (TPSA) is 32.3 Å². The highest BCUT2D eigenvalue weighted by Gasteiger charge is 2.33. The summed E-state index contributed by atoms with van der Waals surface area (Å²) in [4.78, 5) is 11.7. The highest BCUT2D eigenvalue weighted by molar-refractivity contribution is 9.09. The van der Waals surface area contributed by atoms with Crippen molar-refractivity contribution in [1.82, 2.24) is 14.9 Å². The van der Waals surface area contributed by atoms with E-state index in [-0.39, 0.29) is 5.95 Å². The molecular weight excluding hydrogens is 337 g/mol. The maximum atomic E-state index is 12.7. The van der Waals surface area contributed by atoms with Gasteiger partial charge in [0.25, 0.3) is 0 Å². The Labute approximate surface area is 124 Å². The monoisotopic (exact) mass is 352 g/mol. The molecule has 1 fully saturated rings. The predicted octanol–water partition coefficient (Wildman–Crippen LogP) is 2.40. The summed E-state index contributed by atoms with van der Waals surface area (Å²) in [5, 5.41) is 0.896. The number of aromatic nitrogens is 2. The van der Waals surface area contributed by atoms with Crippen LogP contribution in [0.4, 0.5) is 19.1 Å². The second kappa shape index (κ2) is 6.71. The van der Waals surface area contributed by atoms with Gasteiger partial charge in [-0.15, -0.1) is 0 Å². The molecule has 0 unspecified atom stereocenters. The van der Waals surface area contributed by atoms with Crippen molar-refractivity contribution in [1.29, 1.82) is 0 Å². The largest absolute Gasteiger partial charge is 0.433 e. The molecule has 0 aliphatic carbocycles. The van der Waals surface area contributed by atoms with Gasteiger partial charge in [0.15, 0.2) is 0 Å². The Morgan fingerprint density at radius 3 is 2.70 bits per heavy atom. The number of anilines is 1. The fourth-order valence-electron chi connectivity index (χ4n) is 2.17. The minimum atomic E-state index is -4.43. The Bertz CT molecular complexity index is 441. The highest BCUT2D eigenvalue weighted by Crippen LogP contribution is 2.28. The van der Waals surface area contributed by atoms with E-state index in [1.165, 1.54) is 6.20 Å². The van der Waals surface area contributed by atoms with Gasteiger partial charge in [-0.25, -0.2) is 9.97 Å². The summed E-state index contributed by atoms with van der Waals surface area (Å²) in [6, 6.07) is 0.901. The normalized spacial score (nSPS) is 18.1. The number of hydrogen-bond acceptors (Lipinski definition) is 4. The zero-order chi connectivity index (χ0) is 14.6. The molecule has 8 heteroatoms. The Balaban J connectivity index is 2.08. The van der Waals surface area contributed by atoms with Crippen LogP contribution in [0.2, 0.25) is 0 Å². The second-order valence-electron chi connectivity index (χ2n) is 4.61. The molecule has 2 heterocycles. The molecule has 112 valence electrons. The quantitative estimate of drug-likeness (QED) is 0.782. The van der Waals surface area contributed by atoms with E-state index in [0.717, 1.165) is 37.5 Å². The van der Waals surface area contributed by atoms with Crippen molar-refractivity contribution in [2.24, 2.45) is 0 Å². The van der Waals surface area contributed by atoms with E-state index in [2.05, 4.69) is 30.8 Å². The first-order chi connectivity index (χ1) is 9.50. The van der Waals surface area contributed by atoms with Gasteiger partial charge < -0.3 is 9.80 Å². The Morgan fingerprint density at radius 2 is 2.00 bits per heavy atom. The molecule has 0 amide bonds. The Morgan fingerprint density at radius 1 is 1.20 bits per heavy atom. The van der Waals surface area contributed by atoms with Gasteiger partial charge in [0.1, 0.15) is 5.69 Å². The molecule has 0 radical (unpaired) electrons. The van der Waals surface area contributed by atoms with E-state index in [1.807, 2.05) is 4.90 Å². The van der Waals surface area contributed by atoms with Crippen molar-refractivity contribution in [3.05, 3.63) is 18.0 Å². The summed E-state index contributed by atoms with van der Waals surface area (Å²) >= 11 is 3.40. The van der Waals surface area contributed by atoms with Crippen LogP contribution in [0.1, 0.15) is 12.1 Å². The zero-order valence-electron chi connectivity index (χ0n) is 10.9. The van der Waals surface area contributed by atoms with Crippen molar-refractivity contribution in [3.8, 4) is 0 Å². The number of hydrogen-bond donors (Lipinski definition) is 0. The minimum absolute atomic E-state index is 0.167. The molecule has 0 aromatic carbocycles. The second-order valence-corrected chi connectivity index (χ2v) is 5.40. The van der Waals surface area contributed by atoms with Gasteiger partial charge >= 0.3 is 6.18 Å². The third-order valence-electron chi connectivity index (χ3n) is 3.21. The fourth-order valence-corrected chi connectivity index (χ4v) is 2.67. The molecule has 0 spiro atoms. The maximum absolute atomic E-state index is 12.7. The van der Waals surface area contributed by atoms with Crippen molar-refractivity contribution in [2.75, 3.05) is 43.0 Å². The van der Waals surface area contributed by atoms with Crippen LogP contribution in [0, 0.1) is 0 Å². The smallest absolute Gasteiger partial charge is 0.339 e. The highest BCUT2D eigenvalue weighted by atomic mass is 79.9. The van der Waals surface area contributed by atoms with Crippen molar-refractivity contribution in [3.63, 3.8) is 0 Å². The lowest BCUT2D eigenvalue weighted by molar-refractivity contribution is -0.141. The van der Waals surface area contributed by atoms with E-state index in [1.54, 1.807) is 0 Å². The van der Waals surface area contributed by atoms with E-state index in [9.17, 15) is 13.2 Å². The number of nitrogens with zero attached hydrogens (tertiary/aromatic N) is 4. The molecular formula is C12H16BrF3N4. The van der Waals surface area contributed by atoms with Crippen LogP contribution in [0.5, 0.6) is 0 Å². The summed E-state index contributed by atoms with van der Waals surface area (Å²) < 4.78 is 38.0. The average Bonchev–Trinajstić information content (AvgIpc) is 2.64. The van der Waals surface area contributed by atoms with Gasteiger partial charge in [-0.3, -0.25) is 0 Å². The lowest BCUT2D eigenvalue weighted by Crippen LogP contribution is -2.32. The number of halogens is 4. The third-order valence-corrected chi connectivity index (χ3v) is 3.56. The molecule has 1 aliphatic rings. The number of alkyl halides is 4. The summed E-state index contributed by atoms with van der Waals surface area (Å²) in [6.07, 6.45) is -2.36. The molecule has 4 nitrogen and oxygen atoms in total. The molecule has 2 rings (SSSR count). The molecule has 1 aromatic heterocycles. The molecule has 0 N–H and O–H groups in total. The van der Waals surface area contributed by atoms with Crippen LogP contribution in [0.3, 0.4) is 0 Å². The summed E-state index contributed by atoms with van der Waals surface area (Å²) in [6.45, 7) is 4.03. The van der Waals surface area contributed by atoms with Crippen molar-refractivity contribution >= 4 is 21.9 Å². The first kappa shape index (κ1) is 15.5. The molecule has 1 aromatic rings. The molecule has 20 heavy (non-hydrogen) atoms.